The molecule has 12 heavy (non-hydrogen) atoms. The summed E-state index contributed by atoms with van der Waals surface area (Å²) in [5, 5.41) is 6.64. The molecule has 0 spiro atoms. The average Bonchev–Trinajstić information content (AvgIpc) is 2.49. The maximum absolute atomic E-state index is 4.45. The zero-order chi connectivity index (χ0) is 8.55. The van der Waals surface area contributed by atoms with Gasteiger partial charge in [0, 0.05) is 11.3 Å². The fourth-order valence-corrected chi connectivity index (χ4v) is 2.21. The first-order chi connectivity index (χ1) is 5.79. The molecule has 1 aliphatic heterocycles. The van der Waals surface area contributed by atoms with Crippen LogP contribution in [0, 0.1) is 5.92 Å². The van der Waals surface area contributed by atoms with E-state index in [1.807, 2.05) is 0 Å². The molecule has 1 aromatic heterocycles. The summed E-state index contributed by atoms with van der Waals surface area (Å²) in [6.07, 6.45) is 0. The van der Waals surface area contributed by atoms with E-state index in [2.05, 4.69) is 35.6 Å². The third-order valence-electron chi connectivity index (χ3n) is 1.98. The molecular formula is C9H12N2S. The van der Waals surface area contributed by atoms with Crippen molar-refractivity contribution in [1.82, 2.24) is 0 Å². The number of fused-ring (bicyclic) bond motifs is 1. The molecule has 3 heteroatoms. The van der Waals surface area contributed by atoms with Crippen molar-refractivity contribution in [2.24, 2.45) is 10.9 Å². The Balaban J connectivity index is 2.43. The van der Waals surface area contributed by atoms with E-state index in [4.69, 9.17) is 0 Å². The van der Waals surface area contributed by atoms with Crippen LogP contribution in [0.25, 0.3) is 0 Å². The first-order valence-electron chi connectivity index (χ1n) is 4.15. The van der Waals surface area contributed by atoms with Crippen LogP contribution in [0.3, 0.4) is 0 Å². The van der Waals surface area contributed by atoms with Crippen LogP contribution in [0.2, 0.25) is 0 Å². The number of hydrogen-bond donors (Lipinski definition) is 1. The minimum Gasteiger partial charge on any atom is -0.357 e. The zero-order valence-electron chi connectivity index (χ0n) is 7.29. The number of anilines is 1. The van der Waals surface area contributed by atoms with Crippen molar-refractivity contribution < 1.29 is 0 Å². The number of nitrogens with one attached hydrogen (secondary N) is 1. The maximum Gasteiger partial charge on any atom is 0.108 e. The summed E-state index contributed by atoms with van der Waals surface area (Å²) in [6.45, 7) is 5.11. The Hall–Kier alpha value is -0.830. The molecule has 1 N–H and O–H groups in total. The Morgan fingerprint density at radius 1 is 1.58 bits per heavy atom. The molecule has 1 aliphatic rings. The van der Waals surface area contributed by atoms with E-state index in [1.165, 1.54) is 16.3 Å². The maximum atomic E-state index is 4.45. The molecule has 0 aliphatic carbocycles. The van der Waals surface area contributed by atoms with Crippen molar-refractivity contribution in [3.63, 3.8) is 0 Å². The second-order valence-corrected chi connectivity index (χ2v) is 4.11. The number of nitrogens with zero attached hydrogens (tertiary/aromatic N) is 1. The van der Waals surface area contributed by atoms with Gasteiger partial charge < -0.3 is 5.32 Å². The quantitative estimate of drug-likeness (QED) is 0.705. The topological polar surface area (TPSA) is 24.4 Å². The Morgan fingerprint density at radius 3 is 3.17 bits per heavy atom. The van der Waals surface area contributed by atoms with Crippen LogP contribution in [0.4, 0.5) is 5.00 Å². The Labute approximate surface area is 76.3 Å². The van der Waals surface area contributed by atoms with E-state index >= 15 is 0 Å². The summed E-state index contributed by atoms with van der Waals surface area (Å²) in [5.74, 6) is 0.528. The van der Waals surface area contributed by atoms with Gasteiger partial charge in [-0.05, 0) is 17.4 Å². The Bertz CT molecular complexity index is 312. The van der Waals surface area contributed by atoms with E-state index in [0.717, 1.165) is 6.67 Å². The van der Waals surface area contributed by atoms with Gasteiger partial charge in [-0.25, -0.2) is 0 Å². The summed E-state index contributed by atoms with van der Waals surface area (Å²) in [4.78, 5) is 4.45. The minimum absolute atomic E-state index is 0.528. The monoisotopic (exact) mass is 180 g/mol. The first-order valence-corrected chi connectivity index (χ1v) is 5.03. The normalized spacial score (nSPS) is 15.4. The van der Waals surface area contributed by atoms with Crippen molar-refractivity contribution in [1.29, 1.82) is 0 Å². The van der Waals surface area contributed by atoms with E-state index in [0.29, 0.717) is 5.92 Å². The van der Waals surface area contributed by atoms with Gasteiger partial charge in [0.2, 0.25) is 0 Å². The molecule has 0 radical (unpaired) electrons. The van der Waals surface area contributed by atoms with Crippen LogP contribution in [-0.4, -0.2) is 12.4 Å². The zero-order valence-corrected chi connectivity index (χ0v) is 8.11. The summed E-state index contributed by atoms with van der Waals surface area (Å²) in [5.41, 5.74) is 2.53. The second-order valence-electron chi connectivity index (χ2n) is 3.20. The van der Waals surface area contributed by atoms with Crippen LogP contribution < -0.4 is 5.32 Å². The molecular weight excluding hydrogens is 168 g/mol. The summed E-state index contributed by atoms with van der Waals surface area (Å²) >= 11 is 1.75. The van der Waals surface area contributed by atoms with Gasteiger partial charge in [0.15, 0.2) is 0 Å². The van der Waals surface area contributed by atoms with Crippen molar-refractivity contribution in [3.8, 4) is 0 Å². The Kier molecular flexibility index (Phi) is 1.89. The highest BCUT2D eigenvalue weighted by atomic mass is 32.1. The molecule has 0 aromatic carbocycles. The molecule has 0 fully saturated rings. The second kappa shape index (κ2) is 2.90. The average molecular weight is 180 g/mol. The summed E-state index contributed by atoms with van der Waals surface area (Å²) < 4.78 is 0. The molecule has 2 heterocycles. The van der Waals surface area contributed by atoms with Gasteiger partial charge in [-0.1, -0.05) is 13.8 Å². The molecule has 2 rings (SSSR count). The van der Waals surface area contributed by atoms with Gasteiger partial charge >= 0.3 is 0 Å². The van der Waals surface area contributed by atoms with Crippen LogP contribution in [0.15, 0.2) is 16.4 Å². The third kappa shape index (κ3) is 1.14. The smallest absolute Gasteiger partial charge is 0.108 e. The van der Waals surface area contributed by atoms with Gasteiger partial charge in [0.05, 0.1) is 5.00 Å². The SMILES string of the molecule is CC(C)C1=NCNc2sccc21. The van der Waals surface area contributed by atoms with Gasteiger partial charge in [-0.2, -0.15) is 0 Å². The molecule has 64 valence electrons. The summed E-state index contributed by atoms with van der Waals surface area (Å²) in [6, 6.07) is 2.14. The van der Waals surface area contributed by atoms with E-state index in [9.17, 15) is 0 Å². The molecule has 0 unspecified atom stereocenters. The largest absolute Gasteiger partial charge is 0.357 e. The van der Waals surface area contributed by atoms with Crippen LogP contribution in [0.1, 0.15) is 19.4 Å². The highest BCUT2D eigenvalue weighted by molar-refractivity contribution is 7.14. The highest BCUT2D eigenvalue weighted by Gasteiger charge is 2.16. The number of aliphatic imine (C=N–C) groups is 1. The van der Waals surface area contributed by atoms with Crippen molar-refractivity contribution >= 4 is 22.0 Å². The standard InChI is InChI=1S/C9H12N2S/c1-6(2)8-7-3-4-12-9(7)11-5-10-8/h3-4,6,11H,5H2,1-2H3. The number of thiophene rings is 1. The molecule has 0 amide bonds. The lowest BCUT2D eigenvalue weighted by Crippen LogP contribution is -2.17. The molecule has 0 saturated heterocycles. The third-order valence-corrected chi connectivity index (χ3v) is 2.85. The molecule has 1 aromatic rings. The van der Waals surface area contributed by atoms with Gasteiger partial charge in [-0.15, -0.1) is 11.3 Å². The van der Waals surface area contributed by atoms with Gasteiger partial charge in [-0.3, -0.25) is 4.99 Å². The van der Waals surface area contributed by atoms with Crippen LogP contribution in [-0.2, 0) is 0 Å². The van der Waals surface area contributed by atoms with Crippen LogP contribution >= 0.6 is 11.3 Å². The van der Waals surface area contributed by atoms with Crippen molar-refractivity contribution in [2.45, 2.75) is 13.8 Å². The van der Waals surface area contributed by atoms with Crippen LogP contribution in [0.5, 0.6) is 0 Å². The fourth-order valence-electron chi connectivity index (χ4n) is 1.42. The van der Waals surface area contributed by atoms with Gasteiger partial charge in [0.1, 0.15) is 6.67 Å². The lowest BCUT2D eigenvalue weighted by atomic mass is 10.0. The Morgan fingerprint density at radius 2 is 2.42 bits per heavy atom. The number of hydrogen-bond acceptors (Lipinski definition) is 3. The molecule has 0 atom stereocenters. The van der Waals surface area contributed by atoms with E-state index in [-0.39, 0.29) is 0 Å². The lowest BCUT2D eigenvalue weighted by molar-refractivity contribution is 0.870. The predicted molar refractivity (Wildman–Crippen MR) is 54.2 cm³/mol. The van der Waals surface area contributed by atoms with Crippen molar-refractivity contribution in [3.05, 3.63) is 17.0 Å². The summed E-state index contributed by atoms with van der Waals surface area (Å²) in [7, 11) is 0. The molecule has 0 bridgehead atoms. The lowest BCUT2D eigenvalue weighted by Gasteiger charge is -2.16. The molecule has 0 saturated carbocycles. The highest BCUT2D eigenvalue weighted by Crippen LogP contribution is 2.28. The van der Waals surface area contributed by atoms with Gasteiger partial charge in [0.25, 0.3) is 0 Å². The fraction of sp³-hybridized carbons (Fsp3) is 0.444. The first kappa shape index (κ1) is 7.80. The molecule has 2 nitrogen and oxygen atoms in total. The van der Waals surface area contributed by atoms with E-state index < -0.39 is 0 Å². The van der Waals surface area contributed by atoms with E-state index in [1.54, 1.807) is 11.3 Å². The predicted octanol–water partition coefficient (Wildman–Crippen LogP) is 2.58. The minimum atomic E-state index is 0.528. The number of rotatable bonds is 1. The van der Waals surface area contributed by atoms with Crippen molar-refractivity contribution in [2.75, 3.05) is 12.0 Å².